The third kappa shape index (κ3) is 5.69. The number of hydrogen-bond donors (Lipinski definition) is 1. The second-order valence-electron chi connectivity index (χ2n) is 4.65. The first-order valence-electron chi connectivity index (χ1n) is 6.60. The highest BCUT2D eigenvalue weighted by atomic mass is 32.2. The number of thiazole rings is 1. The van der Waals surface area contributed by atoms with Gasteiger partial charge < -0.3 is 9.30 Å². The molecule has 0 saturated carbocycles. The highest BCUT2D eigenvalue weighted by Gasteiger charge is 2.31. The van der Waals surface area contributed by atoms with Gasteiger partial charge in [0.1, 0.15) is 5.75 Å². The van der Waals surface area contributed by atoms with Crippen molar-refractivity contribution in [2.45, 2.75) is 11.3 Å². The molecule has 0 aliphatic rings. The average molecular weight is 395 g/mol. The summed E-state index contributed by atoms with van der Waals surface area (Å²) in [6.07, 6.45) is -3.18. The molecule has 7 nitrogen and oxygen atoms in total. The van der Waals surface area contributed by atoms with Gasteiger partial charge >= 0.3 is 6.36 Å². The Bertz CT molecular complexity index is 915. The van der Waals surface area contributed by atoms with E-state index in [-0.39, 0.29) is 4.90 Å². The first kappa shape index (κ1) is 19.1. The Balaban J connectivity index is 2.04. The van der Waals surface area contributed by atoms with Gasteiger partial charge in [-0.1, -0.05) is 0 Å². The Morgan fingerprint density at radius 3 is 2.48 bits per heavy atom. The summed E-state index contributed by atoms with van der Waals surface area (Å²) in [7, 11) is -2.40. The molecular formula is C13H12F3N3O4S2. The molecule has 0 aliphatic heterocycles. The Labute approximate surface area is 144 Å². The van der Waals surface area contributed by atoms with Gasteiger partial charge in [0.25, 0.3) is 5.91 Å². The number of amides is 1. The van der Waals surface area contributed by atoms with E-state index in [0.717, 1.165) is 24.3 Å². The van der Waals surface area contributed by atoms with E-state index in [9.17, 15) is 26.4 Å². The maximum absolute atomic E-state index is 12.1. The molecule has 1 aromatic heterocycles. The third-order valence-corrected chi connectivity index (χ3v) is 5.03. The van der Waals surface area contributed by atoms with Crippen LogP contribution in [-0.2, 0) is 21.9 Å². The third-order valence-electron chi connectivity index (χ3n) is 2.76. The minimum Gasteiger partial charge on any atom is -0.406 e. The fourth-order valence-electron chi connectivity index (χ4n) is 1.64. The lowest BCUT2D eigenvalue weighted by atomic mass is 10.3. The number of carbonyl (C=O) groups is 1. The van der Waals surface area contributed by atoms with Crippen LogP contribution in [0.25, 0.3) is 0 Å². The molecule has 12 heteroatoms. The Morgan fingerprint density at radius 2 is 1.96 bits per heavy atom. The molecule has 1 amide bonds. The van der Waals surface area contributed by atoms with Crippen LogP contribution in [0.1, 0.15) is 0 Å². The number of aryl methyl sites for hydroxylation is 1. The predicted molar refractivity (Wildman–Crippen MR) is 82.2 cm³/mol. The van der Waals surface area contributed by atoms with Crippen LogP contribution in [0.2, 0.25) is 0 Å². The lowest BCUT2D eigenvalue weighted by Crippen LogP contribution is -2.30. The number of halogens is 3. The lowest BCUT2D eigenvalue weighted by molar-refractivity contribution is -0.274. The van der Waals surface area contributed by atoms with Crippen molar-refractivity contribution in [1.29, 1.82) is 0 Å². The van der Waals surface area contributed by atoms with Gasteiger partial charge in [0, 0.05) is 18.6 Å². The first-order chi connectivity index (χ1) is 11.6. The molecule has 0 atom stereocenters. The zero-order chi connectivity index (χ0) is 18.7. The molecule has 0 spiro atoms. The molecule has 136 valence electrons. The second-order valence-corrected chi connectivity index (χ2v) is 7.29. The minimum absolute atomic E-state index is 0.309. The Hall–Kier alpha value is -2.18. The van der Waals surface area contributed by atoms with Gasteiger partial charge in [-0.25, -0.2) is 13.1 Å². The number of sulfonamides is 1. The van der Waals surface area contributed by atoms with Crippen molar-refractivity contribution in [3.8, 4) is 5.75 Å². The first-order valence-corrected chi connectivity index (χ1v) is 8.96. The molecule has 0 radical (unpaired) electrons. The van der Waals surface area contributed by atoms with E-state index in [0.29, 0.717) is 4.80 Å². The standard InChI is InChI=1S/C13H12F3N3O4S2/c1-19-6-7-24-12(19)18-11(20)8-17-25(21,22)10-4-2-9(3-5-10)23-13(14,15)16/h2-7,17H,8H2,1H3. The molecular weight excluding hydrogens is 383 g/mol. The molecule has 1 heterocycles. The summed E-state index contributed by atoms with van der Waals surface area (Å²) < 4.78 is 67.5. The van der Waals surface area contributed by atoms with Crippen molar-refractivity contribution in [1.82, 2.24) is 9.29 Å². The van der Waals surface area contributed by atoms with Crippen LogP contribution in [0.3, 0.4) is 0 Å². The molecule has 0 saturated heterocycles. The largest absolute Gasteiger partial charge is 0.573 e. The molecule has 1 N–H and O–H groups in total. The second kappa shape index (κ2) is 7.37. The molecule has 0 unspecified atom stereocenters. The maximum Gasteiger partial charge on any atom is 0.573 e. The Kier molecular flexibility index (Phi) is 5.65. The van der Waals surface area contributed by atoms with E-state index in [1.54, 1.807) is 23.2 Å². The highest BCUT2D eigenvalue weighted by molar-refractivity contribution is 7.89. The quantitative estimate of drug-likeness (QED) is 0.829. The van der Waals surface area contributed by atoms with Gasteiger partial charge in [0.05, 0.1) is 11.4 Å². The van der Waals surface area contributed by atoms with E-state index in [1.165, 1.54) is 11.3 Å². The van der Waals surface area contributed by atoms with Crippen molar-refractivity contribution in [2.24, 2.45) is 12.0 Å². The summed E-state index contributed by atoms with van der Waals surface area (Å²) in [5.41, 5.74) is 0. The molecule has 0 aliphatic carbocycles. The fraction of sp³-hybridized carbons (Fsp3) is 0.231. The van der Waals surface area contributed by atoms with Crippen LogP contribution in [0, 0.1) is 0 Å². The predicted octanol–water partition coefficient (Wildman–Crippen LogP) is 1.39. The van der Waals surface area contributed by atoms with Gasteiger partial charge in [-0.15, -0.1) is 24.5 Å². The molecule has 0 bridgehead atoms. The summed E-state index contributed by atoms with van der Waals surface area (Å²) in [6.45, 7) is -0.582. The monoisotopic (exact) mass is 395 g/mol. The number of nitrogens with zero attached hydrogens (tertiary/aromatic N) is 2. The van der Waals surface area contributed by atoms with Gasteiger partial charge in [-0.3, -0.25) is 4.79 Å². The number of carbonyl (C=O) groups excluding carboxylic acids is 1. The van der Waals surface area contributed by atoms with Gasteiger partial charge in [0.15, 0.2) is 4.80 Å². The van der Waals surface area contributed by atoms with Crippen LogP contribution >= 0.6 is 11.3 Å². The molecule has 1 aromatic carbocycles. The van der Waals surface area contributed by atoms with Gasteiger partial charge in [-0.05, 0) is 24.3 Å². The van der Waals surface area contributed by atoms with E-state index in [4.69, 9.17) is 0 Å². The lowest BCUT2D eigenvalue weighted by Gasteiger charge is -2.09. The fourth-order valence-corrected chi connectivity index (χ4v) is 3.36. The Morgan fingerprint density at radius 1 is 1.32 bits per heavy atom. The van der Waals surface area contributed by atoms with Gasteiger partial charge in [-0.2, -0.15) is 4.99 Å². The average Bonchev–Trinajstić information content (AvgIpc) is 2.89. The topological polar surface area (TPSA) is 89.8 Å². The number of hydrogen-bond acceptors (Lipinski definition) is 5. The van der Waals surface area contributed by atoms with E-state index in [1.807, 2.05) is 4.72 Å². The molecule has 2 aromatic rings. The number of rotatable bonds is 5. The summed E-state index contributed by atoms with van der Waals surface area (Å²) >= 11 is 1.21. The zero-order valence-electron chi connectivity index (χ0n) is 12.6. The van der Waals surface area contributed by atoms with Crippen molar-refractivity contribution < 1.29 is 31.1 Å². The van der Waals surface area contributed by atoms with Crippen LogP contribution < -0.4 is 14.3 Å². The SMILES string of the molecule is Cn1ccsc1=NC(=O)CNS(=O)(=O)c1ccc(OC(F)(F)F)cc1. The highest BCUT2D eigenvalue weighted by Crippen LogP contribution is 2.23. The van der Waals surface area contributed by atoms with Crippen molar-refractivity contribution >= 4 is 27.3 Å². The van der Waals surface area contributed by atoms with Crippen LogP contribution in [-0.4, -0.2) is 31.8 Å². The van der Waals surface area contributed by atoms with E-state index in [2.05, 4.69) is 9.73 Å². The van der Waals surface area contributed by atoms with Crippen LogP contribution in [0.5, 0.6) is 5.75 Å². The van der Waals surface area contributed by atoms with Crippen LogP contribution in [0.15, 0.2) is 45.7 Å². The summed E-state index contributed by atoms with van der Waals surface area (Å²) in [4.78, 5) is 15.5. The maximum atomic E-state index is 12.1. The zero-order valence-corrected chi connectivity index (χ0v) is 14.3. The number of benzene rings is 1. The van der Waals surface area contributed by atoms with Crippen molar-refractivity contribution in [3.63, 3.8) is 0 Å². The summed E-state index contributed by atoms with van der Waals surface area (Å²) in [5.74, 6) is -1.26. The van der Waals surface area contributed by atoms with Gasteiger partial charge in [0.2, 0.25) is 10.0 Å². The summed E-state index contributed by atoms with van der Waals surface area (Å²) in [5, 5.41) is 1.71. The van der Waals surface area contributed by atoms with E-state index >= 15 is 0 Å². The number of aromatic nitrogens is 1. The van der Waals surface area contributed by atoms with Crippen molar-refractivity contribution in [3.05, 3.63) is 40.6 Å². The normalized spacial score (nSPS) is 13.0. The van der Waals surface area contributed by atoms with Crippen LogP contribution in [0.4, 0.5) is 13.2 Å². The molecule has 25 heavy (non-hydrogen) atoms. The molecule has 0 fully saturated rings. The number of alkyl halides is 3. The number of nitrogens with one attached hydrogen (secondary N) is 1. The smallest absolute Gasteiger partial charge is 0.406 e. The summed E-state index contributed by atoms with van der Waals surface area (Å²) in [6, 6.07) is 3.59. The molecule has 2 rings (SSSR count). The minimum atomic E-state index is -4.87. The number of ether oxygens (including phenoxy) is 1. The van der Waals surface area contributed by atoms with Crippen molar-refractivity contribution in [2.75, 3.05) is 6.54 Å². The van der Waals surface area contributed by atoms with E-state index < -0.39 is 34.6 Å².